The number of amides is 2. The van der Waals surface area contributed by atoms with E-state index >= 15 is 0 Å². The van der Waals surface area contributed by atoms with Crippen LogP contribution >= 0.6 is 0 Å². The van der Waals surface area contributed by atoms with Gasteiger partial charge in [0.05, 0.1) is 6.61 Å². The summed E-state index contributed by atoms with van der Waals surface area (Å²) in [6.07, 6.45) is 6.18. The van der Waals surface area contributed by atoms with Gasteiger partial charge in [-0.3, -0.25) is 0 Å². The van der Waals surface area contributed by atoms with Crippen LogP contribution in [0.5, 0.6) is 0 Å². The summed E-state index contributed by atoms with van der Waals surface area (Å²) >= 11 is 0. The third-order valence-corrected chi connectivity index (χ3v) is 3.35. The summed E-state index contributed by atoms with van der Waals surface area (Å²) in [6.45, 7) is 6.71. The van der Waals surface area contributed by atoms with E-state index in [0.717, 1.165) is 18.8 Å². The molecule has 1 aliphatic rings. The van der Waals surface area contributed by atoms with Crippen molar-refractivity contribution in [2.45, 2.75) is 38.6 Å². The molecule has 98 valence electrons. The van der Waals surface area contributed by atoms with Crippen molar-refractivity contribution in [3.8, 4) is 0 Å². The van der Waals surface area contributed by atoms with Gasteiger partial charge in [0.2, 0.25) is 0 Å². The van der Waals surface area contributed by atoms with E-state index in [9.17, 15) is 4.79 Å². The summed E-state index contributed by atoms with van der Waals surface area (Å²) in [5, 5.41) is 11.9. The highest BCUT2D eigenvalue weighted by Crippen LogP contribution is 2.23. The Morgan fingerprint density at radius 3 is 2.65 bits per heavy atom. The van der Waals surface area contributed by atoms with E-state index in [1.807, 2.05) is 0 Å². The van der Waals surface area contributed by atoms with Gasteiger partial charge in [-0.1, -0.05) is 13.0 Å². The molecular weight excluding hydrogens is 216 g/mol. The first-order valence-corrected chi connectivity index (χ1v) is 6.44. The molecule has 1 aliphatic carbocycles. The Bertz CT molecular complexity index is 248. The van der Waals surface area contributed by atoms with Crippen LogP contribution < -0.4 is 5.32 Å². The standard InChI is InChI=1S/C13H24N2O2/c1-3-8-15(9-10-16)13(17)14-12-6-4-11(2)5-7-12/h3,11-12,16H,1,4-10H2,2H3,(H,14,17). The van der Waals surface area contributed by atoms with Crippen LogP contribution in [-0.2, 0) is 0 Å². The van der Waals surface area contributed by atoms with Crippen molar-refractivity contribution in [1.29, 1.82) is 0 Å². The molecule has 0 spiro atoms. The largest absolute Gasteiger partial charge is 0.395 e. The summed E-state index contributed by atoms with van der Waals surface area (Å²) in [4.78, 5) is 13.5. The van der Waals surface area contributed by atoms with Crippen molar-refractivity contribution >= 4 is 6.03 Å². The molecule has 1 saturated carbocycles. The molecule has 17 heavy (non-hydrogen) atoms. The van der Waals surface area contributed by atoms with Gasteiger partial charge in [-0.15, -0.1) is 6.58 Å². The molecular formula is C13H24N2O2. The molecule has 0 bridgehead atoms. The molecule has 0 unspecified atom stereocenters. The fourth-order valence-corrected chi connectivity index (χ4v) is 2.22. The summed E-state index contributed by atoms with van der Waals surface area (Å²) in [6, 6.07) is 0.211. The summed E-state index contributed by atoms with van der Waals surface area (Å²) < 4.78 is 0. The zero-order chi connectivity index (χ0) is 12.7. The topological polar surface area (TPSA) is 52.6 Å². The molecule has 0 aromatic heterocycles. The number of nitrogens with one attached hydrogen (secondary N) is 1. The smallest absolute Gasteiger partial charge is 0.317 e. The Kier molecular flexibility index (Phi) is 6.05. The van der Waals surface area contributed by atoms with Gasteiger partial charge in [0, 0.05) is 19.1 Å². The molecule has 1 fully saturated rings. The summed E-state index contributed by atoms with van der Waals surface area (Å²) in [5.74, 6) is 0.782. The van der Waals surface area contributed by atoms with E-state index in [1.165, 1.54) is 12.8 Å². The first-order chi connectivity index (χ1) is 8.17. The van der Waals surface area contributed by atoms with E-state index in [0.29, 0.717) is 19.1 Å². The Labute approximate surface area is 104 Å². The van der Waals surface area contributed by atoms with Gasteiger partial charge >= 0.3 is 6.03 Å². The SMILES string of the molecule is C=CCN(CCO)C(=O)NC1CCC(C)CC1. The van der Waals surface area contributed by atoms with Crippen LogP contribution in [-0.4, -0.2) is 41.8 Å². The maximum Gasteiger partial charge on any atom is 0.317 e. The van der Waals surface area contributed by atoms with Crippen molar-refractivity contribution in [2.24, 2.45) is 5.92 Å². The highest BCUT2D eigenvalue weighted by molar-refractivity contribution is 5.74. The van der Waals surface area contributed by atoms with Crippen LogP contribution in [0.3, 0.4) is 0 Å². The Balaban J connectivity index is 2.37. The van der Waals surface area contributed by atoms with E-state index in [2.05, 4.69) is 18.8 Å². The molecule has 2 N–H and O–H groups in total. The van der Waals surface area contributed by atoms with E-state index in [-0.39, 0.29) is 12.6 Å². The number of hydrogen-bond donors (Lipinski definition) is 2. The average molecular weight is 240 g/mol. The van der Waals surface area contributed by atoms with Gasteiger partial charge in [0.1, 0.15) is 0 Å². The lowest BCUT2D eigenvalue weighted by Gasteiger charge is -2.29. The maximum absolute atomic E-state index is 11.9. The Hall–Kier alpha value is -1.03. The summed E-state index contributed by atoms with van der Waals surface area (Å²) in [5.41, 5.74) is 0. The average Bonchev–Trinajstić information content (AvgIpc) is 2.32. The predicted octanol–water partition coefficient (Wildman–Crippen LogP) is 1.75. The number of nitrogens with zero attached hydrogens (tertiary/aromatic N) is 1. The number of urea groups is 1. The number of carbonyl (C=O) groups is 1. The monoisotopic (exact) mass is 240 g/mol. The number of rotatable bonds is 5. The lowest BCUT2D eigenvalue weighted by Crippen LogP contribution is -2.46. The van der Waals surface area contributed by atoms with Gasteiger partial charge in [0.25, 0.3) is 0 Å². The van der Waals surface area contributed by atoms with E-state index in [4.69, 9.17) is 5.11 Å². The van der Waals surface area contributed by atoms with Crippen molar-refractivity contribution in [3.63, 3.8) is 0 Å². The van der Waals surface area contributed by atoms with Gasteiger partial charge in [-0.2, -0.15) is 0 Å². The molecule has 4 heteroatoms. The van der Waals surface area contributed by atoms with Crippen LogP contribution in [0.2, 0.25) is 0 Å². The van der Waals surface area contributed by atoms with Crippen molar-refractivity contribution < 1.29 is 9.90 Å². The zero-order valence-electron chi connectivity index (χ0n) is 10.7. The first-order valence-electron chi connectivity index (χ1n) is 6.44. The van der Waals surface area contributed by atoms with Crippen LogP contribution in [0.15, 0.2) is 12.7 Å². The minimum atomic E-state index is -0.0847. The molecule has 0 atom stereocenters. The molecule has 0 heterocycles. The predicted molar refractivity (Wildman–Crippen MR) is 68.8 cm³/mol. The van der Waals surface area contributed by atoms with Gasteiger partial charge < -0.3 is 15.3 Å². The second-order valence-electron chi connectivity index (χ2n) is 4.86. The quantitative estimate of drug-likeness (QED) is 0.719. The molecule has 0 aliphatic heterocycles. The van der Waals surface area contributed by atoms with E-state index in [1.54, 1.807) is 11.0 Å². The third-order valence-electron chi connectivity index (χ3n) is 3.35. The lowest BCUT2D eigenvalue weighted by atomic mass is 9.87. The van der Waals surface area contributed by atoms with Crippen LogP contribution in [0.1, 0.15) is 32.6 Å². The van der Waals surface area contributed by atoms with Crippen LogP contribution in [0.25, 0.3) is 0 Å². The Morgan fingerprint density at radius 2 is 2.12 bits per heavy atom. The maximum atomic E-state index is 11.9. The summed E-state index contributed by atoms with van der Waals surface area (Å²) in [7, 11) is 0. The molecule has 1 rings (SSSR count). The molecule has 0 aromatic carbocycles. The van der Waals surface area contributed by atoms with Crippen molar-refractivity contribution in [2.75, 3.05) is 19.7 Å². The highest BCUT2D eigenvalue weighted by Gasteiger charge is 2.21. The second kappa shape index (κ2) is 7.33. The lowest BCUT2D eigenvalue weighted by molar-refractivity contribution is 0.175. The van der Waals surface area contributed by atoms with Crippen molar-refractivity contribution in [1.82, 2.24) is 10.2 Å². The van der Waals surface area contributed by atoms with Crippen molar-refractivity contribution in [3.05, 3.63) is 12.7 Å². The molecule has 4 nitrogen and oxygen atoms in total. The van der Waals surface area contributed by atoms with E-state index < -0.39 is 0 Å². The normalized spacial score (nSPS) is 24.1. The molecule has 0 saturated heterocycles. The van der Waals surface area contributed by atoms with Gasteiger partial charge in [-0.25, -0.2) is 4.79 Å². The molecule has 0 aromatic rings. The minimum Gasteiger partial charge on any atom is -0.395 e. The van der Waals surface area contributed by atoms with Crippen LogP contribution in [0, 0.1) is 5.92 Å². The number of carbonyl (C=O) groups excluding carboxylic acids is 1. The van der Waals surface area contributed by atoms with Gasteiger partial charge in [0.15, 0.2) is 0 Å². The first kappa shape index (κ1) is 14.0. The fourth-order valence-electron chi connectivity index (χ4n) is 2.22. The Morgan fingerprint density at radius 1 is 1.47 bits per heavy atom. The second-order valence-corrected chi connectivity index (χ2v) is 4.86. The number of aliphatic hydroxyl groups excluding tert-OH is 1. The zero-order valence-corrected chi connectivity index (χ0v) is 10.7. The third kappa shape index (κ3) is 4.77. The molecule has 2 amide bonds. The van der Waals surface area contributed by atoms with Crippen LogP contribution in [0.4, 0.5) is 4.79 Å². The molecule has 0 radical (unpaired) electrons. The number of hydrogen-bond acceptors (Lipinski definition) is 2. The highest BCUT2D eigenvalue weighted by atomic mass is 16.3. The van der Waals surface area contributed by atoms with Gasteiger partial charge in [-0.05, 0) is 31.6 Å². The fraction of sp³-hybridized carbons (Fsp3) is 0.769. The number of aliphatic hydroxyl groups is 1. The minimum absolute atomic E-state index is 0.0110.